The van der Waals surface area contributed by atoms with E-state index in [2.05, 4.69) is 20.5 Å². The molecule has 0 saturated heterocycles. The van der Waals surface area contributed by atoms with Crippen LogP contribution in [-0.2, 0) is 0 Å². The van der Waals surface area contributed by atoms with Gasteiger partial charge in [-0.05, 0) is 6.07 Å². The number of hydrogen-bond donors (Lipinski definition) is 0. The van der Waals surface area contributed by atoms with Gasteiger partial charge in [0, 0.05) is 10.9 Å². The molecule has 1 aromatic carbocycles. The van der Waals surface area contributed by atoms with Gasteiger partial charge in [-0.2, -0.15) is 9.98 Å². The summed E-state index contributed by atoms with van der Waals surface area (Å²) < 4.78 is 0. The normalized spacial score (nSPS) is 13.2. The van der Waals surface area contributed by atoms with Crippen LogP contribution in [0.4, 0.5) is 4.79 Å². The first-order valence-corrected chi connectivity index (χ1v) is 5.15. The molecule has 2 heterocycles. The molecule has 3 rings (SSSR count). The number of benzene rings is 1. The van der Waals surface area contributed by atoms with Crippen molar-refractivity contribution in [2.45, 2.75) is 0 Å². The van der Waals surface area contributed by atoms with Crippen molar-refractivity contribution in [2.75, 3.05) is 0 Å². The molecule has 0 spiro atoms. The zero-order valence-electron chi connectivity index (χ0n) is 7.47. The van der Waals surface area contributed by atoms with Gasteiger partial charge in [-0.15, -0.1) is 11.3 Å². The quantitative estimate of drug-likeness (QED) is 0.710. The van der Waals surface area contributed by atoms with Crippen LogP contribution in [0.5, 0.6) is 0 Å². The summed E-state index contributed by atoms with van der Waals surface area (Å²) in [6.45, 7) is 0. The molecule has 5 heteroatoms. The van der Waals surface area contributed by atoms with Crippen molar-refractivity contribution in [3.05, 3.63) is 39.8 Å². The van der Waals surface area contributed by atoms with Crippen molar-refractivity contribution < 1.29 is 4.79 Å². The van der Waals surface area contributed by atoms with E-state index < -0.39 is 6.03 Å². The molecule has 71 valence electrons. The van der Waals surface area contributed by atoms with Crippen LogP contribution in [0.15, 0.2) is 33.6 Å². The lowest BCUT2D eigenvalue weighted by Gasteiger charge is -1.93. The molecule has 1 aliphatic rings. The first-order chi connectivity index (χ1) is 7.34. The van der Waals surface area contributed by atoms with E-state index >= 15 is 0 Å². The Morgan fingerprint density at radius 3 is 3.00 bits per heavy atom. The Morgan fingerprint density at radius 1 is 1.27 bits per heavy atom. The van der Waals surface area contributed by atoms with Gasteiger partial charge in [-0.3, -0.25) is 0 Å². The Balaban J connectivity index is 2.39. The summed E-state index contributed by atoms with van der Waals surface area (Å²) in [4.78, 5) is 22.8. The fourth-order valence-corrected chi connectivity index (χ4v) is 1.97. The maximum atomic E-state index is 11.1. The summed E-state index contributed by atoms with van der Waals surface area (Å²) in [5.41, 5.74) is 4.38. The minimum Gasteiger partial charge on any atom is -0.244 e. The van der Waals surface area contributed by atoms with E-state index in [1.54, 1.807) is 6.07 Å². The lowest BCUT2D eigenvalue weighted by Crippen LogP contribution is -2.23. The van der Waals surface area contributed by atoms with Crippen LogP contribution in [0.3, 0.4) is 0 Å². The van der Waals surface area contributed by atoms with Gasteiger partial charge in [0.2, 0.25) is 0 Å². The number of para-hydroxylation sites is 1. The maximum absolute atomic E-state index is 11.1. The summed E-state index contributed by atoms with van der Waals surface area (Å²) >= 11 is 1.39. The number of urea groups is 1. The zero-order valence-corrected chi connectivity index (χ0v) is 8.28. The average Bonchev–Trinajstić information content (AvgIpc) is 2.82. The molecular formula is C10H4N3OS. The molecule has 15 heavy (non-hydrogen) atoms. The Hall–Kier alpha value is -1.88. The summed E-state index contributed by atoms with van der Waals surface area (Å²) in [7, 11) is 0. The van der Waals surface area contributed by atoms with E-state index in [0.717, 1.165) is 11.3 Å². The van der Waals surface area contributed by atoms with Gasteiger partial charge in [-0.25, -0.2) is 9.78 Å². The molecule has 2 amide bonds. The van der Waals surface area contributed by atoms with Crippen molar-refractivity contribution >= 4 is 17.4 Å². The van der Waals surface area contributed by atoms with Crippen LogP contribution in [0.25, 0.3) is 11.3 Å². The predicted molar refractivity (Wildman–Crippen MR) is 54.1 cm³/mol. The van der Waals surface area contributed by atoms with Crippen molar-refractivity contribution in [3.63, 3.8) is 0 Å². The molecule has 1 aliphatic heterocycles. The van der Waals surface area contributed by atoms with Crippen molar-refractivity contribution in [1.29, 1.82) is 0 Å². The third kappa shape index (κ3) is 1.28. The molecule has 2 aromatic rings. The van der Waals surface area contributed by atoms with Crippen LogP contribution in [0.1, 0.15) is 0 Å². The van der Waals surface area contributed by atoms with Crippen LogP contribution < -0.4 is 10.7 Å². The third-order valence-electron chi connectivity index (χ3n) is 2.10. The fraction of sp³-hybridized carbons (Fsp3) is 0. The molecule has 4 nitrogen and oxygen atoms in total. The van der Waals surface area contributed by atoms with Gasteiger partial charge in [0.15, 0.2) is 5.51 Å². The first kappa shape index (κ1) is 8.43. The molecule has 0 fully saturated rings. The molecule has 0 saturated carbocycles. The fourth-order valence-electron chi connectivity index (χ4n) is 1.48. The van der Waals surface area contributed by atoms with Crippen LogP contribution in [-0.4, -0.2) is 11.0 Å². The SMILES string of the molecule is O=C1N=c2cccc(-c3cs[c]n3)c2=N1. The summed E-state index contributed by atoms with van der Waals surface area (Å²) in [6.07, 6.45) is 0. The van der Waals surface area contributed by atoms with Gasteiger partial charge in [0.05, 0.1) is 11.1 Å². The highest BCUT2D eigenvalue weighted by Crippen LogP contribution is 2.13. The van der Waals surface area contributed by atoms with Crippen molar-refractivity contribution in [2.24, 2.45) is 9.98 Å². The highest BCUT2D eigenvalue weighted by molar-refractivity contribution is 7.07. The molecular weight excluding hydrogens is 210 g/mol. The molecule has 1 radical (unpaired) electrons. The molecule has 0 bridgehead atoms. The minimum atomic E-state index is -0.448. The maximum Gasteiger partial charge on any atom is 0.368 e. The van der Waals surface area contributed by atoms with E-state index in [0.29, 0.717) is 10.7 Å². The number of rotatable bonds is 1. The highest BCUT2D eigenvalue weighted by Gasteiger charge is 2.10. The standard InChI is InChI=1S/C10H4N3OS/c14-10-12-7-3-1-2-6(9(7)13-10)8-4-15-5-11-8/h1-4H. The lowest BCUT2D eigenvalue weighted by molar-refractivity contribution is 0.256. The lowest BCUT2D eigenvalue weighted by atomic mass is 10.1. The summed E-state index contributed by atoms with van der Waals surface area (Å²) in [5, 5.41) is 3.10. The second-order valence-electron chi connectivity index (χ2n) is 3.00. The number of aromatic nitrogens is 1. The molecule has 0 unspecified atom stereocenters. The number of nitrogens with zero attached hydrogens (tertiary/aromatic N) is 3. The number of fused-ring (bicyclic) bond motifs is 1. The molecule has 1 aromatic heterocycles. The minimum absolute atomic E-state index is 0.448. The smallest absolute Gasteiger partial charge is 0.244 e. The van der Waals surface area contributed by atoms with E-state index in [1.807, 2.05) is 17.5 Å². The van der Waals surface area contributed by atoms with Crippen LogP contribution >= 0.6 is 11.3 Å². The number of thiazole rings is 1. The average molecular weight is 214 g/mol. The molecule has 0 N–H and O–H groups in total. The van der Waals surface area contributed by atoms with Gasteiger partial charge >= 0.3 is 6.03 Å². The Labute approximate surface area is 88.7 Å². The highest BCUT2D eigenvalue weighted by atomic mass is 32.1. The monoisotopic (exact) mass is 214 g/mol. The second kappa shape index (κ2) is 3.06. The van der Waals surface area contributed by atoms with Gasteiger partial charge in [-0.1, -0.05) is 12.1 Å². The number of amides is 2. The molecule has 0 aliphatic carbocycles. The Morgan fingerprint density at radius 2 is 2.20 bits per heavy atom. The first-order valence-electron chi connectivity index (χ1n) is 4.27. The topological polar surface area (TPSA) is 54.7 Å². The van der Waals surface area contributed by atoms with Gasteiger partial charge in [0.1, 0.15) is 5.36 Å². The number of carbonyl (C=O) groups excluding carboxylic acids is 1. The van der Waals surface area contributed by atoms with Crippen molar-refractivity contribution in [3.8, 4) is 11.3 Å². The summed E-state index contributed by atoms with van der Waals surface area (Å²) in [6, 6.07) is 5.03. The van der Waals surface area contributed by atoms with E-state index in [-0.39, 0.29) is 0 Å². The van der Waals surface area contributed by atoms with Gasteiger partial charge in [0.25, 0.3) is 0 Å². The largest absolute Gasteiger partial charge is 0.368 e. The zero-order chi connectivity index (χ0) is 10.3. The van der Waals surface area contributed by atoms with E-state index in [1.165, 1.54) is 11.3 Å². The summed E-state index contributed by atoms with van der Waals surface area (Å²) in [5.74, 6) is 0. The van der Waals surface area contributed by atoms with Crippen molar-refractivity contribution in [1.82, 2.24) is 4.98 Å². The second-order valence-corrected chi connectivity index (χ2v) is 3.66. The number of hydrogen-bond acceptors (Lipinski definition) is 3. The Kier molecular flexibility index (Phi) is 1.72. The van der Waals surface area contributed by atoms with Gasteiger partial charge < -0.3 is 0 Å². The predicted octanol–water partition coefficient (Wildman–Crippen LogP) is 0.983. The number of carbonyl (C=O) groups is 1. The van der Waals surface area contributed by atoms with Crippen LogP contribution in [0.2, 0.25) is 0 Å². The van der Waals surface area contributed by atoms with E-state index in [4.69, 9.17) is 0 Å². The Bertz CT molecular complexity index is 646. The molecule has 0 atom stereocenters. The third-order valence-corrected chi connectivity index (χ3v) is 2.64. The van der Waals surface area contributed by atoms with Crippen LogP contribution in [0, 0.1) is 5.51 Å². The van der Waals surface area contributed by atoms with E-state index in [9.17, 15) is 4.79 Å².